The van der Waals surface area contributed by atoms with E-state index in [1.54, 1.807) is 0 Å². The molecule has 0 amide bonds. The molecule has 0 aromatic rings. The van der Waals surface area contributed by atoms with Crippen LogP contribution in [0.2, 0.25) is 0 Å². The van der Waals surface area contributed by atoms with Crippen LogP contribution in [-0.2, 0) is 10.1 Å². The van der Waals surface area contributed by atoms with E-state index in [0.717, 1.165) is 12.8 Å². The Morgan fingerprint density at radius 3 is 2.24 bits per heavy atom. The fraction of sp³-hybridized carbons (Fsp3) is 1.00. The highest BCUT2D eigenvalue weighted by molar-refractivity contribution is 7.86. The molecule has 3 N–H and O–H groups in total. The van der Waals surface area contributed by atoms with E-state index in [1.165, 1.54) is 19.3 Å². The zero-order valence-electron chi connectivity index (χ0n) is 11.1. The SMILES string of the molecule is CC1(C)CCCCC1(C)CCC(N)S(=O)(=O)O. The molecule has 1 rings (SSSR count). The van der Waals surface area contributed by atoms with Gasteiger partial charge in [0.25, 0.3) is 10.1 Å². The minimum Gasteiger partial charge on any atom is -0.313 e. The zero-order valence-corrected chi connectivity index (χ0v) is 11.9. The average molecular weight is 263 g/mol. The summed E-state index contributed by atoms with van der Waals surface area (Å²) in [7, 11) is -4.09. The van der Waals surface area contributed by atoms with Crippen molar-refractivity contribution in [2.75, 3.05) is 0 Å². The third-order valence-corrected chi connectivity index (χ3v) is 5.78. The van der Waals surface area contributed by atoms with Gasteiger partial charge in [0.15, 0.2) is 0 Å². The van der Waals surface area contributed by atoms with Crippen molar-refractivity contribution < 1.29 is 13.0 Å². The summed E-state index contributed by atoms with van der Waals surface area (Å²) in [6.07, 6.45) is 5.80. The molecule has 17 heavy (non-hydrogen) atoms. The summed E-state index contributed by atoms with van der Waals surface area (Å²) in [4.78, 5) is 0. The van der Waals surface area contributed by atoms with Crippen LogP contribution in [0.25, 0.3) is 0 Å². The van der Waals surface area contributed by atoms with Crippen LogP contribution in [0.5, 0.6) is 0 Å². The normalized spacial score (nSPS) is 31.1. The van der Waals surface area contributed by atoms with Crippen molar-refractivity contribution in [3.05, 3.63) is 0 Å². The number of rotatable bonds is 4. The Bertz CT molecular complexity index is 364. The molecule has 2 unspecified atom stereocenters. The van der Waals surface area contributed by atoms with E-state index in [0.29, 0.717) is 6.42 Å². The first kappa shape index (κ1) is 14.9. The van der Waals surface area contributed by atoms with Gasteiger partial charge in [0.2, 0.25) is 0 Å². The van der Waals surface area contributed by atoms with Crippen molar-refractivity contribution in [1.82, 2.24) is 0 Å². The Morgan fingerprint density at radius 1 is 1.24 bits per heavy atom. The second kappa shape index (κ2) is 4.86. The summed E-state index contributed by atoms with van der Waals surface area (Å²) in [5, 5.41) is -1.14. The summed E-state index contributed by atoms with van der Waals surface area (Å²) in [5.74, 6) is 0. The van der Waals surface area contributed by atoms with E-state index in [1.807, 2.05) is 0 Å². The van der Waals surface area contributed by atoms with Gasteiger partial charge in [0, 0.05) is 0 Å². The van der Waals surface area contributed by atoms with E-state index in [9.17, 15) is 8.42 Å². The lowest BCUT2D eigenvalue weighted by Gasteiger charge is -2.48. The predicted octanol–water partition coefficient (Wildman–Crippen LogP) is 2.55. The van der Waals surface area contributed by atoms with E-state index in [-0.39, 0.29) is 10.8 Å². The Morgan fingerprint density at radius 2 is 1.76 bits per heavy atom. The zero-order chi connectivity index (χ0) is 13.3. The third kappa shape index (κ3) is 3.42. The van der Waals surface area contributed by atoms with Crippen LogP contribution in [0.15, 0.2) is 0 Å². The molecule has 0 saturated heterocycles. The smallest absolute Gasteiger partial charge is 0.280 e. The highest BCUT2D eigenvalue weighted by atomic mass is 32.2. The molecule has 2 atom stereocenters. The summed E-state index contributed by atoms with van der Waals surface area (Å²) < 4.78 is 30.7. The molecule has 0 aromatic carbocycles. The minimum atomic E-state index is -4.09. The minimum absolute atomic E-state index is 0.119. The second-order valence-corrected chi connectivity index (χ2v) is 7.88. The number of hydrogen-bond donors (Lipinski definition) is 2. The molecule has 1 aliphatic rings. The molecule has 5 heteroatoms. The van der Waals surface area contributed by atoms with Crippen molar-refractivity contribution >= 4 is 10.1 Å². The van der Waals surface area contributed by atoms with Gasteiger partial charge >= 0.3 is 0 Å². The third-order valence-electron chi connectivity index (χ3n) is 4.78. The first-order valence-electron chi connectivity index (χ1n) is 6.30. The van der Waals surface area contributed by atoms with Crippen LogP contribution >= 0.6 is 0 Å². The standard InChI is InChI=1S/C12H25NO3S/c1-11(2)7-4-5-8-12(11,3)9-6-10(13)17(14,15)16/h10H,4-9,13H2,1-3H3,(H,14,15,16). The number of nitrogens with two attached hydrogens (primary N) is 1. The lowest BCUT2D eigenvalue weighted by atomic mass is 9.57. The molecule has 102 valence electrons. The fourth-order valence-corrected chi connectivity index (χ4v) is 3.21. The maximum Gasteiger partial charge on any atom is 0.280 e. The van der Waals surface area contributed by atoms with Crippen molar-refractivity contribution in [1.29, 1.82) is 0 Å². The van der Waals surface area contributed by atoms with E-state index in [2.05, 4.69) is 20.8 Å². The average Bonchev–Trinajstić information content (AvgIpc) is 2.18. The first-order valence-corrected chi connectivity index (χ1v) is 7.81. The van der Waals surface area contributed by atoms with Gasteiger partial charge in [-0.25, -0.2) is 0 Å². The highest BCUT2D eigenvalue weighted by Gasteiger charge is 2.42. The van der Waals surface area contributed by atoms with Gasteiger partial charge in [-0.05, 0) is 36.5 Å². The number of hydrogen-bond acceptors (Lipinski definition) is 3. The van der Waals surface area contributed by atoms with Gasteiger partial charge in [-0.1, -0.05) is 33.6 Å². The summed E-state index contributed by atoms with van der Waals surface area (Å²) >= 11 is 0. The Balaban J connectivity index is 2.66. The lowest BCUT2D eigenvalue weighted by molar-refractivity contribution is 0.0228. The molecule has 0 spiro atoms. The van der Waals surface area contributed by atoms with Crippen molar-refractivity contribution in [2.45, 2.75) is 64.7 Å². The molecular formula is C12H25NO3S. The van der Waals surface area contributed by atoms with Crippen molar-refractivity contribution in [2.24, 2.45) is 16.6 Å². The van der Waals surface area contributed by atoms with Crippen LogP contribution in [0.3, 0.4) is 0 Å². The quantitative estimate of drug-likeness (QED) is 0.764. The molecule has 1 saturated carbocycles. The lowest BCUT2D eigenvalue weighted by Crippen LogP contribution is -2.40. The molecule has 0 radical (unpaired) electrons. The van der Waals surface area contributed by atoms with Crippen LogP contribution in [0.1, 0.15) is 59.3 Å². The summed E-state index contributed by atoms with van der Waals surface area (Å²) in [6.45, 7) is 6.69. The molecule has 0 bridgehead atoms. The maximum atomic E-state index is 10.9. The van der Waals surface area contributed by atoms with Crippen molar-refractivity contribution in [3.8, 4) is 0 Å². The second-order valence-electron chi connectivity index (χ2n) is 6.24. The maximum absolute atomic E-state index is 10.9. The molecule has 1 aliphatic carbocycles. The van der Waals surface area contributed by atoms with E-state index < -0.39 is 15.5 Å². The Labute approximate surface area is 105 Å². The van der Waals surface area contributed by atoms with Gasteiger partial charge in [-0.3, -0.25) is 4.55 Å². The molecular weight excluding hydrogens is 238 g/mol. The highest BCUT2D eigenvalue weighted by Crippen LogP contribution is 2.52. The van der Waals surface area contributed by atoms with E-state index in [4.69, 9.17) is 10.3 Å². The van der Waals surface area contributed by atoms with Crippen LogP contribution in [0.4, 0.5) is 0 Å². The van der Waals surface area contributed by atoms with Crippen molar-refractivity contribution in [3.63, 3.8) is 0 Å². The molecule has 0 aromatic heterocycles. The van der Waals surface area contributed by atoms with Gasteiger partial charge in [-0.15, -0.1) is 0 Å². The van der Waals surface area contributed by atoms with Crippen LogP contribution < -0.4 is 5.73 Å². The molecule has 0 aliphatic heterocycles. The van der Waals surface area contributed by atoms with E-state index >= 15 is 0 Å². The molecule has 1 fully saturated rings. The Kier molecular flexibility index (Phi) is 4.27. The van der Waals surface area contributed by atoms with Gasteiger partial charge in [-0.2, -0.15) is 8.42 Å². The van der Waals surface area contributed by atoms with Gasteiger partial charge in [0.1, 0.15) is 5.37 Å². The predicted molar refractivity (Wildman–Crippen MR) is 69.1 cm³/mol. The van der Waals surface area contributed by atoms with Gasteiger partial charge in [0.05, 0.1) is 0 Å². The monoisotopic (exact) mass is 263 g/mol. The van der Waals surface area contributed by atoms with Crippen LogP contribution in [-0.4, -0.2) is 18.3 Å². The van der Waals surface area contributed by atoms with Gasteiger partial charge < -0.3 is 5.73 Å². The molecule has 0 heterocycles. The molecule has 4 nitrogen and oxygen atoms in total. The largest absolute Gasteiger partial charge is 0.313 e. The summed E-state index contributed by atoms with van der Waals surface area (Å²) in [5.41, 5.74) is 5.81. The topological polar surface area (TPSA) is 80.4 Å². The first-order chi connectivity index (χ1) is 7.58. The fourth-order valence-electron chi connectivity index (χ4n) is 2.80. The summed E-state index contributed by atoms with van der Waals surface area (Å²) in [6, 6.07) is 0. The Hall–Kier alpha value is -0.130. The van der Waals surface area contributed by atoms with Crippen LogP contribution in [0, 0.1) is 10.8 Å².